The quantitative estimate of drug-likeness (QED) is 0.887. The molecule has 0 aliphatic carbocycles. The van der Waals surface area contributed by atoms with Crippen LogP contribution in [0.4, 0.5) is 11.6 Å². The SMILES string of the molecule is Cc1ccccc1CNc1ccc(NC(=O)C2CCCO2)nn1. The lowest BCUT2D eigenvalue weighted by Gasteiger charge is -2.10. The molecule has 1 atom stereocenters. The summed E-state index contributed by atoms with van der Waals surface area (Å²) in [4.78, 5) is 11.9. The van der Waals surface area contributed by atoms with Crippen molar-refractivity contribution in [1.82, 2.24) is 10.2 Å². The third-order valence-electron chi connectivity index (χ3n) is 3.86. The number of ether oxygens (including phenoxy) is 1. The lowest BCUT2D eigenvalue weighted by molar-refractivity contribution is -0.124. The third-order valence-corrected chi connectivity index (χ3v) is 3.86. The number of nitrogens with one attached hydrogen (secondary N) is 2. The Labute approximate surface area is 135 Å². The van der Waals surface area contributed by atoms with Crippen molar-refractivity contribution in [3.8, 4) is 0 Å². The fraction of sp³-hybridized carbons (Fsp3) is 0.353. The Morgan fingerprint density at radius 1 is 1.22 bits per heavy atom. The van der Waals surface area contributed by atoms with Gasteiger partial charge in [-0.2, -0.15) is 0 Å². The molecule has 1 aromatic heterocycles. The molecule has 1 aliphatic rings. The molecule has 0 spiro atoms. The molecule has 6 nitrogen and oxygen atoms in total. The van der Waals surface area contributed by atoms with Gasteiger partial charge < -0.3 is 15.4 Å². The van der Waals surface area contributed by atoms with E-state index in [2.05, 4.69) is 39.9 Å². The predicted octanol–water partition coefficient (Wildman–Crippen LogP) is 2.51. The molecule has 120 valence electrons. The zero-order valence-corrected chi connectivity index (χ0v) is 13.1. The van der Waals surface area contributed by atoms with Crippen molar-refractivity contribution in [2.75, 3.05) is 17.2 Å². The van der Waals surface area contributed by atoms with Crippen molar-refractivity contribution in [1.29, 1.82) is 0 Å². The molecule has 23 heavy (non-hydrogen) atoms. The second-order valence-electron chi connectivity index (χ2n) is 5.57. The Kier molecular flexibility index (Phi) is 4.83. The molecule has 2 N–H and O–H groups in total. The summed E-state index contributed by atoms with van der Waals surface area (Å²) >= 11 is 0. The lowest BCUT2D eigenvalue weighted by Crippen LogP contribution is -2.27. The Bertz CT molecular complexity index is 667. The number of rotatable bonds is 5. The molecule has 0 bridgehead atoms. The first kappa shape index (κ1) is 15.4. The molecule has 6 heteroatoms. The van der Waals surface area contributed by atoms with Gasteiger partial charge in [-0.05, 0) is 43.0 Å². The van der Waals surface area contributed by atoms with E-state index in [9.17, 15) is 4.79 Å². The summed E-state index contributed by atoms with van der Waals surface area (Å²) in [6, 6.07) is 11.7. The summed E-state index contributed by atoms with van der Waals surface area (Å²) in [5, 5.41) is 14.1. The predicted molar refractivity (Wildman–Crippen MR) is 88.1 cm³/mol. The van der Waals surface area contributed by atoms with Crippen LogP contribution in [-0.4, -0.2) is 28.8 Å². The maximum absolute atomic E-state index is 11.9. The molecule has 1 saturated heterocycles. The Balaban J connectivity index is 1.54. The molecule has 2 aromatic rings. The van der Waals surface area contributed by atoms with E-state index in [1.54, 1.807) is 12.1 Å². The minimum atomic E-state index is -0.365. The average Bonchev–Trinajstić information content (AvgIpc) is 3.10. The molecule has 0 saturated carbocycles. The second-order valence-corrected chi connectivity index (χ2v) is 5.57. The number of aryl methyl sites for hydroxylation is 1. The molecular weight excluding hydrogens is 292 g/mol. The smallest absolute Gasteiger partial charge is 0.254 e. The molecule has 1 amide bonds. The van der Waals surface area contributed by atoms with Gasteiger partial charge in [0.15, 0.2) is 5.82 Å². The number of anilines is 2. The van der Waals surface area contributed by atoms with Crippen LogP contribution in [0, 0.1) is 6.92 Å². The molecule has 1 aromatic carbocycles. The van der Waals surface area contributed by atoms with Crippen LogP contribution < -0.4 is 10.6 Å². The first-order valence-corrected chi connectivity index (χ1v) is 7.77. The Morgan fingerprint density at radius 2 is 2.00 bits per heavy atom. The van der Waals surface area contributed by atoms with E-state index in [4.69, 9.17) is 4.74 Å². The standard InChI is InChI=1S/C17H20N4O2/c1-12-5-2-3-6-13(12)11-18-15-8-9-16(21-20-15)19-17(22)14-7-4-10-23-14/h2-3,5-6,8-9,14H,4,7,10-11H2,1H3,(H,18,20)(H,19,21,22). The van der Waals surface area contributed by atoms with Crippen molar-refractivity contribution in [3.63, 3.8) is 0 Å². The Morgan fingerprint density at radius 3 is 2.70 bits per heavy atom. The maximum atomic E-state index is 11.9. The number of hydrogen-bond acceptors (Lipinski definition) is 5. The fourth-order valence-electron chi connectivity index (χ4n) is 2.48. The van der Waals surface area contributed by atoms with Crippen molar-refractivity contribution in [2.45, 2.75) is 32.4 Å². The van der Waals surface area contributed by atoms with Gasteiger partial charge in [-0.1, -0.05) is 24.3 Å². The number of hydrogen-bond donors (Lipinski definition) is 2. The highest BCUT2D eigenvalue weighted by Gasteiger charge is 2.23. The minimum Gasteiger partial charge on any atom is -0.368 e. The largest absolute Gasteiger partial charge is 0.368 e. The highest BCUT2D eigenvalue weighted by molar-refractivity contribution is 5.93. The summed E-state index contributed by atoms with van der Waals surface area (Å²) in [5.41, 5.74) is 2.44. The van der Waals surface area contributed by atoms with E-state index in [1.165, 1.54) is 11.1 Å². The van der Waals surface area contributed by atoms with Crippen LogP contribution in [0.3, 0.4) is 0 Å². The fourth-order valence-corrected chi connectivity index (χ4v) is 2.48. The highest BCUT2D eigenvalue weighted by Crippen LogP contribution is 2.15. The zero-order valence-electron chi connectivity index (χ0n) is 13.1. The van der Waals surface area contributed by atoms with Gasteiger partial charge in [0.05, 0.1) is 0 Å². The normalized spacial score (nSPS) is 17.0. The van der Waals surface area contributed by atoms with Gasteiger partial charge >= 0.3 is 0 Å². The van der Waals surface area contributed by atoms with Crippen LogP contribution in [0.5, 0.6) is 0 Å². The molecule has 0 radical (unpaired) electrons. The summed E-state index contributed by atoms with van der Waals surface area (Å²) in [6.07, 6.45) is 1.32. The third kappa shape index (κ3) is 4.04. The summed E-state index contributed by atoms with van der Waals surface area (Å²) in [7, 11) is 0. The van der Waals surface area contributed by atoms with E-state index < -0.39 is 0 Å². The van der Waals surface area contributed by atoms with E-state index in [0.717, 1.165) is 12.8 Å². The number of aromatic nitrogens is 2. The lowest BCUT2D eigenvalue weighted by atomic mass is 10.1. The first-order valence-electron chi connectivity index (χ1n) is 7.77. The summed E-state index contributed by atoms with van der Waals surface area (Å²) in [5.74, 6) is 0.952. The van der Waals surface area contributed by atoms with Crippen LogP contribution in [0.1, 0.15) is 24.0 Å². The topological polar surface area (TPSA) is 76.1 Å². The van der Waals surface area contributed by atoms with Crippen LogP contribution in [0.25, 0.3) is 0 Å². The van der Waals surface area contributed by atoms with Crippen LogP contribution >= 0.6 is 0 Å². The zero-order chi connectivity index (χ0) is 16.1. The van der Waals surface area contributed by atoms with Gasteiger partial charge in [-0.3, -0.25) is 4.79 Å². The van der Waals surface area contributed by atoms with Gasteiger partial charge in [0.1, 0.15) is 11.9 Å². The average molecular weight is 312 g/mol. The molecular formula is C17H20N4O2. The van der Waals surface area contributed by atoms with Crippen molar-refractivity contribution in [2.24, 2.45) is 0 Å². The minimum absolute atomic E-state index is 0.155. The Hall–Kier alpha value is -2.47. The van der Waals surface area contributed by atoms with Gasteiger partial charge in [0, 0.05) is 13.2 Å². The van der Waals surface area contributed by atoms with Crippen molar-refractivity contribution in [3.05, 3.63) is 47.5 Å². The van der Waals surface area contributed by atoms with Gasteiger partial charge in [0.2, 0.25) is 0 Å². The summed E-state index contributed by atoms with van der Waals surface area (Å²) in [6.45, 7) is 3.40. The van der Waals surface area contributed by atoms with E-state index in [0.29, 0.717) is 24.8 Å². The molecule has 3 rings (SSSR count). The van der Waals surface area contributed by atoms with E-state index in [1.807, 2.05) is 12.1 Å². The van der Waals surface area contributed by atoms with Crippen LogP contribution in [-0.2, 0) is 16.1 Å². The van der Waals surface area contributed by atoms with E-state index >= 15 is 0 Å². The molecule has 1 aliphatic heterocycles. The number of amides is 1. The first-order chi connectivity index (χ1) is 11.2. The van der Waals surface area contributed by atoms with Crippen molar-refractivity contribution < 1.29 is 9.53 Å². The van der Waals surface area contributed by atoms with Gasteiger partial charge in [0.25, 0.3) is 5.91 Å². The number of benzene rings is 1. The van der Waals surface area contributed by atoms with Gasteiger partial charge in [-0.25, -0.2) is 0 Å². The number of nitrogens with zero attached hydrogens (tertiary/aromatic N) is 2. The van der Waals surface area contributed by atoms with Crippen molar-refractivity contribution >= 4 is 17.5 Å². The maximum Gasteiger partial charge on any atom is 0.254 e. The van der Waals surface area contributed by atoms with Crippen LogP contribution in [0.2, 0.25) is 0 Å². The number of carbonyl (C=O) groups excluding carboxylic acids is 1. The summed E-state index contributed by atoms with van der Waals surface area (Å²) < 4.78 is 5.34. The highest BCUT2D eigenvalue weighted by atomic mass is 16.5. The second kappa shape index (κ2) is 7.19. The van der Waals surface area contributed by atoms with Crippen LogP contribution in [0.15, 0.2) is 36.4 Å². The molecule has 1 fully saturated rings. The number of carbonyl (C=O) groups is 1. The van der Waals surface area contributed by atoms with Gasteiger partial charge in [-0.15, -0.1) is 10.2 Å². The van der Waals surface area contributed by atoms with E-state index in [-0.39, 0.29) is 12.0 Å². The monoisotopic (exact) mass is 312 g/mol. The molecule has 1 unspecified atom stereocenters. The molecule has 2 heterocycles.